The molecule has 0 amide bonds. The number of thiophene rings is 1. The van der Waals surface area contributed by atoms with E-state index >= 15 is 0 Å². The third-order valence-corrected chi connectivity index (χ3v) is 4.85. The van der Waals surface area contributed by atoms with Crippen LogP contribution in [0.15, 0.2) is 14.7 Å². The standard InChI is InChI=1S/C6H6BrNO5S2/c1-13-8-15(11,12)4-2-3(6(9)10)14-5(4)7/h2,8H,1H3,(H,9,10). The summed E-state index contributed by atoms with van der Waals surface area (Å²) in [5.41, 5.74) is 0. The molecule has 6 nitrogen and oxygen atoms in total. The van der Waals surface area contributed by atoms with Crippen molar-refractivity contribution in [3.8, 4) is 0 Å². The summed E-state index contributed by atoms with van der Waals surface area (Å²) >= 11 is 3.79. The number of rotatable bonds is 4. The van der Waals surface area contributed by atoms with E-state index in [-0.39, 0.29) is 13.6 Å². The van der Waals surface area contributed by atoms with Crippen LogP contribution in [0.2, 0.25) is 0 Å². The third kappa shape index (κ3) is 2.75. The molecule has 0 atom stereocenters. The predicted molar refractivity (Wildman–Crippen MR) is 56.3 cm³/mol. The summed E-state index contributed by atoms with van der Waals surface area (Å²) in [6, 6.07) is 1.05. The Morgan fingerprint density at radius 1 is 1.67 bits per heavy atom. The minimum absolute atomic E-state index is 0.0710. The second-order valence-electron chi connectivity index (χ2n) is 2.34. The summed E-state index contributed by atoms with van der Waals surface area (Å²) in [5, 5.41) is 8.66. The van der Waals surface area contributed by atoms with Crippen LogP contribution in [-0.2, 0) is 14.9 Å². The first-order valence-electron chi connectivity index (χ1n) is 3.46. The highest BCUT2D eigenvalue weighted by molar-refractivity contribution is 9.11. The van der Waals surface area contributed by atoms with Gasteiger partial charge in [-0.15, -0.1) is 11.3 Å². The first kappa shape index (κ1) is 12.6. The largest absolute Gasteiger partial charge is 0.477 e. The molecule has 9 heteroatoms. The zero-order valence-electron chi connectivity index (χ0n) is 7.35. The van der Waals surface area contributed by atoms with Crippen LogP contribution in [0.5, 0.6) is 0 Å². The van der Waals surface area contributed by atoms with Crippen LogP contribution >= 0.6 is 27.3 Å². The molecule has 0 spiro atoms. The number of aromatic carboxylic acids is 1. The smallest absolute Gasteiger partial charge is 0.345 e. The molecule has 0 fully saturated rings. The number of carbonyl (C=O) groups is 1. The van der Waals surface area contributed by atoms with Crippen molar-refractivity contribution >= 4 is 43.3 Å². The molecular formula is C6H6BrNO5S2. The van der Waals surface area contributed by atoms with Gasteiger partial charge in [-0.1, -0.05) is 4.89 Å². The average Bonchev–Trinajstić information content (AvgIpc) is 2.47. The molecule has 1 aromatic rings. The van der Waals surface area contributed by atoms with Crippen LogP contribution in [0.4, 0.5) is 0 Å². The van der Waals surface area contributed by atoms with Gasteiger partial charge in [-0.3, -0.25) is 4.84 Å². The van der Waals surface area contributed by atoms with Crippen molar-refractivity contribution in [2.45, 2.75) is 4.90 Å². The number of sulfonamides is 1. The summed E-state index contributed by atoms with van der Waals surface area (Å²) < 4.78 is 23.1. The van der Waals surface area contributed by atoms with Gasteiger partial charge in [-0.2, -0.15) is 0 Å². The monoisotopic (exact) mass is 315 g/mol. The van der Waals surface area contributed by atoms with Gasteiger partial charge in [0.1, 0.15) is 9.77 Å². The molecule has 0 bridgehead atoms. The highest BCUT2D eigenvalue weighted by Gasteiger charge is 2.22. The molecular weight excluding hydrogens is 310 g/mol. The van der Waals surface area contributed by atoms with E-state index in [1.165, 1.54) is 0 Å². The van der Waals surface area contributed by atoms with E-state index in [1.807, 2.05) is 0 Å². The maximum Gasteiger partial charge on any atom is 0.345 e. The highest BCUT2D eigenvalue weighted by Crippen LogP contribution is 2.31. The lowest BCUT2D eigenvalue weighted by Gasteiger charge is -2.01. The Labute approximate surface area is 98.0 Å². The van der Waals surface area contributed by atoms with E-state index in [1.54, 1.807) is 4.89 Å². The lowest BCUT2D eigenvalue weighted by Crippen LogP contribution is -2.22. The topological polar surface area (TPSA) is 92.7 Å². The number of carboxylic acids is 1. The fraction of sp³-hybridized carbons (Fsp3) is 0.167. The zero-order valence-corrected chi connectivity index (χ0v) is 10.6. The van der Waals surface area contributed by atoms with E-state index in [4.69, 9.17) is 5.11 Å². The van der Waals surface area contributed by atoms with E-state index in [9.17, 15) is 13.2 Å². The number of halogens is 1. The van der Waals surface area contributed by atoms with Crippen LogP contribution < -0.4 is 4.89 Å². The van der Waals surface area contributed by atoms with Crippen molar-refractivity contribution in [2.75, 3.05) is 7.11 Å². The third-order valence-electron chi connectivity index (χ3n) is 1.35. The molecule has 0 saturated heterocycles. The van der Waals surface area contributed by atoms with Crippen molar-refractivity contribution in [1.29, 1.82) is 0 Å². The van der Waals surface area contributed by atoms with E-state index in [0.29, 0.717) is 0 Å². The van der Waals surface area contributed by atoms with Crippen LogP contribution in [0.1, 0.15) is 9.67 Å². The molecule has 0 aromatic carbocycles. The van der Waals surface area contributed by atoms with Gasteiger partial charge in [-0.05, 0) is 22.0 Å². The number of carboxylic acid groups (broad SMARTS) is 1. The summed E-state index contributed by atoms with van der Waals surface area (Å²) in [4.78, 5) is 16.4. The van der Waals surface area contributed by atoms with Gasteiger partial charge >= 0.3 is 5.97 Å². The second-order valence-corrected chi connectivity index (χ2v) is 6.33. The highest BCUT2D eigenvalue weighted by atomic mass is 79.9. The minimum Gasteiger partial charge on any atom is -0.477 e. The molecule has 15 heavy (non-hydrogen) atoms. The van der Waals surface area contributed by atoms with Crippen LogP contribution in [0.3, 0.4) is 0 Å². The summed E-state index contributed by atoms with van der Waals surface area (Å²) in [7, 11) is -2.68. The summed E-state index contributed by atoms with van der Waals surface area (Å²) in [6.45, 7) is 0. The van der Waals surface area contributed by atoms with Crippen molar-refractivity contribution in [2.24, 2.45) is 0 Å². The Morgan fingerprint density at radius 2 is 2.27 bits per heavy atom. The summed E-state index contributed by atoms with van der Waals surface area (Å²) in [5.74, 6) is -1.18. The van der Waals surface area contributed by atoms with Crippen LogP contribution in [0, 0.1) is 0 Å². The molecule has 2 N–H and O–H groups in total. The van der Waals surface area contributed by atoms with E-state index in [2.05, 4.69) is 20.8 Å². The van der Waals surface area contributed by atoms with Crippen LogP contribution in [0.25, 0.3) is 0 Å². The number of nitrogens with one attached hydrogen (secondary N) is 1. The molecule has 1 aromatic heterocycles. The maximum absolute atomic E-state index is 11.4. The summed E-state index contributed by atoms with van der Waals surface area (Å²) in [6.07, 6.45) is 0. The van der Waals surface area contributed by atoms with Gasteiger partial charge in [0.2, 0.25) is 0 Å². The Morgan fingerprint density at radius 3 is 2.67 bits per heavy atom. The van der Waals surface area contributed by atoms with Gasteiger partial charge in [0.25, 0.3) is 10.0 Å². The molecule has 0 saturated carbocycles. The first-order valence-corrected chi connectivity index (χ1v) is 6.55. The van der Waals surface area contributed by atoms with Gasteiger partial charge in [0.05, 0.1) is 10.9 Å². The predicted octanol–water partition coefficient (Wildman–Crippen LogP) is 1.05. The Hall–Kier alpha value is -0.480. The van der Waals surface area contributed by atoms with Gasteiger partial charge in [-0.25, -0.2) is 13.2 Å². The molecule has 0 aliphatic carbocycles. The maximum atomic E-state index is 11.4. The minimum atomic E-state index is -3.83. The second kappa shape index (κ2) is 4.58. The fourth-order valence-electron chi connectivity index (χ4n) is 0.795. The molecule has 0 radical (unpaired) electrons. The van der Waals surface area contributed by atoms with Crippen molar-refractivity contribution < 1.29 is 23.2 Å². The lowest BCUT2D eigenvalue weighted by atomic mass is 10.5. The van der Waals surface area contributed by atoms with Crippen molar-refractivity contribution in [1.82, 2.24) is 4.89 Å². The zero-order chi connectivity index (χ0) is 11.6. The van der Waals surface area contributed by atoms with Crippen molar-refractivity contribution in [3.05, 3.63) is 14.7 Å². The van der Waals surface area contributed by atoms with Gasteiger partial charge in [0, 0.05) is 0 Å². The Bertz CT molecular complexity index is 480. The Balaban J connectivity index is 3.21. The van der Waals surface area contributed by atoms with Gasteiger partial charge < -0.3 is 5.11 Å². The van der Waals surface area contributed by atoms with E-state index in [0.717, 1.165) is 24.5 Å². The van der Waals surface area contributed by atoms with E-state index < -0.39 is 16.0 Å². The normalized spacial score (nSPS) is 11.6. The Kier molecular flexibility index (Phi) is 3.84. The SMILES string of the molecule is CONS(=O)(=O)c1cc(C(=O)O)sc1Br. The molecule has 1 rings (SSSR count). The first-order chi connectivity index (χ1) is 6.88. The number of hydrogen-bond acceptors (Lipinski definition) is 5. The molecule has 84 valence electrons. The molecule has 0 aliphatic rings. The molecule has 0 aliphatic heterocycles. The van der Waals surface area contributed by atoms with Crippen molar-refractivity contribution in [3.63, 3.8) is 0 Å². The van der Waals surface area contributed by atoms with Crippen LogP contribution in [-0.4, -0.2) is 26.6 Å². The lowest BCUT2D eigenvalue weighted by molar-refractivity contribution is 0.0702. The molecule has 0 unspecified atom stereocenters. The fourth-order valence-corrected chi connectivity index (χ4v) is 4.01. The van der Waals surface area contributed by atoms with Gasteiger partial charge in [0.15, 0.2) is 0 Å². The quantitative estimate of drug-likeness (QED) is 0.810. The number of hydrogen-bond donors (Lipinski definition) is 2. The average molecular weight is 316 g/mol. The molecule has 1 heterocycles.